The monoisotopic (exact) mass is 864 g/mol. The van der Waals surface area contributed by atoms with E-state index in [4.69, 9.17) is 19.5 Å². The Morgan fingerprint density at radius 2 is 1.38 bits per heavy atom. The van der Waals surface area contributed by atoms with Gasteiger partial charge in [-0.05, 0) is 195 Å². The fourth-order valence-corrected chi connectivity index (χ4v) is 12.0. The lowest BCUT2D eigenvalue weighted by molar-refractivity contribution is 0.0178. The lowest BCUT2D eigenvalue weighted by atomic mass is 9.65. The van der Waals surface area contributed by atoms with E-state index in [0.717, 1.165) is 61.6 Å². The Morgan fingerprint density at radius 1 is 0.708 bits per heavy atom. The molecule has 2 aromatic heterocycles. The quantitative estimate of drug-likeness (QED) is 0.177. The van der Waals surface area contributed by atoms with Crippen molar-refractivity contribution < 1.29 is 12.2 Å². The van der Waals surface area contributed by atoms with Crippen LogP contribution in [0.15, 0.2) is 77.9 Å². The number of aromatic nitrogens is 2. The third-order valence-electron chi connectivity index (χ3n) is 15.4. The third kappa shape index (κ3) is 6.30. The summed E-state index contributed by atoms with van der Waals surface area (Å²) in [5.41, 5.74) is 18.6. The van der Waals surface area contributed by atoms with Crippen molar-refractivity contribution in [2.45, 2.75) is 158 Å². The number of aryl methyl sites for hydroxylation is 6. The second-order valence-electron chi connectivity index (χ2n) is 22.8. The zero-order valence-corrected chi connectivity index (χ0v) is 41.8. The minimum Gasteiger partial charge on any atom is -0.464 e. The molecule has 4 heterocycles. The van der Waals surface area contributed by atoms with E-state index in [0.29, 0.717) is 11.6 Å². The van der Waals surface area contributed by atoms with Gasteiger partial charge in [0.25, 0.3) is 0 Å². The fraction of sp³-hybridized carbons (Fsp3) is 0.400. The maximum absolute atomic E-state index is 9.61. The minimum absolute atomic E-state index is 0.0304. The molecular formula is C60H67N3O2. The topological polar surface area (TPSA) is 48.6 Å². The van der Waals surface area contributed by atoms with Crippen LogP contribution in [0.4, 0.5) is 0 Å². The van der Waals surface area contributed by atoms with Gasteiger partial charge in [-0.1, -0.05) is 85.2 Å². The number of hydrogen-bond acceptors (Lipinski definition) is 4. The molecular weight excluding hydrogens is 795 g/mol. The summed E-state index contributed by atoms with van der Waals surface area (Å²) in [5, 5.41) is 2.43. The number of benzene rings is 5. The summed E-state index contributed by atoms with van der Waals surface area (Å²) >= 11 is 0. The molecule has 0 saturated carbocycles. The Bertz CT molecular complexity index is 3330. The van der Waals surface area contributed by atoms with E-state index in [1.807, 2.05) is 6.20 Å². The highest BCUT2D eigenvalue weighted by Crippen LogP contribution is 2.55. The average molecular weight is 864 g/mol. The van der Waals surface area contributed by atoms with E-state index in [2.05, 4.69) is 189 Å². The lowest BCUT2D eigenvalue weighted by Crippen LogP contribution is -2.48. The predicted octanol–water partition coefficient (Wildman–Crippen LogP) is 15.4. The molecule has 7 aromatic rings. The molecule has 0 spiro atoms. The molecule has 10 rings (SSSR count). The molecule has 2 aliphatic heterocycles. The van der Waals surface area contributed by atoms with Crippen LogP contribution in [-0.2, 0) is 33.0 Å². The van der Waals surface area contributed by atoms with Gasteiger partial charge in [0.2, 0.25) is 5.90 Å². The minimum atomic E-state index is -1.62. The highest BCUT2D eigenvalue weighted by molar-refractivity contribution is 6.12. The van der Waals surface area contributed by atoms with Crippen LogP contribution in [0.5, 0.6) is 11.5 Å². The maximum atomic E-state index is 9.61. The van der Waals surface area contributed by atoms with Crippen molar-refractivity contribution in [3.8, 4) is 28.3 Å². The molecule has 0 unspecified atom stereocenters. The summed E-state index contributed by atoms with van der Waals surface area (Å²) in [6.45, 7) is 37.5. The largest absolute Gasteiger partial charge is 0.464 e. The number of ether oxygens (including phenoxy) is 2. The first kappa shape index (κ1) is 40.8. The van der Waals surface area contributed by atoms with Gasteiger partial charge in [0, 0.05) is 42.3 Å². The molecule has 0 fully saturated rings. The second kappa shape index (κ2) is 13.9. The van der Waals surface area contributed by atoms with Crippen LogP contribution in [0, 0.1) is 48.5 Å². The van der Waals surface area contributed by atoms with E-state index >= 15 is 0 Å². The summed E-state index contributed by atoms with van der Waals surface area (Å²) in [7, 11) is 0. The smallest absolute Gasteiger partial charge is 0.217 e. The van der Waals surface area contributed by atoms with Crippen LogP contribution in [0.25, 0.3) is 38.8 Å². The molecule has 5 aromatic carbocycles. The van der Waals surface area contributed by atoms with Gasteiger partial charge in [0.05, 0.1) is 11.2 Å². The molecule has 1 aliphatic carbocycles. The zero-order valence-electron chi connectivity index (χ0n) is 43.8. The van der Waals surface area contributed by atoms with Gasteiger partial charge in [0.1, 0.15) is 22.7 Å². The number of aliphatic imine (C=N–C) groups is 1. The number of pyridine rings is 1. The van der Waals surface area contributed by atoms with Gasteiger partial charge in [-0.3, -0.25) is 4.57 Å². The second-order valence-corrected chi connectivity index (χ2v) is 22.8. The molecule has 0 radical (unpaired) electrons. The predicted molar refractivity (Wildman–Crippen MR) is 271 cm³/mol. The maximum Gasteiger partial charge on any atom is 0.217 e. The first-order valence-electron chi connectivity index (χ1n) is 24.5. The first-order valence-corrected chi connectivity index (χ1v) is 23.5. The van der Waals surface area contributed by atoms with Crippen LogP contribution < -0.4 is 4.74 Å². The fourth-order valence-electron chi connectivity index (χ4n) is 12.0. The SMILES string of the molecule is [2H]C1([2H])C[C@@]2(C)N=C(c3cc(Oc4cc5c(cc4C)C(C)(C)c4cc(C(C)(C)C)cc6c7c(C)ccnc7n-5c46)cc(-c4c(C)cc(C)cc4C)c3)O[C@@]2(C)c2cc(C)c(C(C)(C)C)c(C)c21. The van der Waals surface area contributed by atoms with Gasteiger partial charge in [-0.25, -0.2) is 9.98 Å². The molecule has 5 heteroatoms. The van der Waals surface area contributed by atoms with Gasteiger partial charge >= 0.3 is 0 Å². The van der Waals surface area contributed by atoms with Crippen molar-refractivity contribution >= 4 is 27.8 Å². The Labute approximate surface area is 390 Å². The molecule has 3 aliphatic rings. The van der Waals surface area contributed by atoms with E-state index in [1.54, 1.807) is 0 Å². The van der Waals surface area contributed by atoms with Crippen LogP contribution in [0.3, 0.4) is 0 Å². The van der Waals surface area contributed by atoms with Crippen LogP contribution in [0.2, 0.25) is 0 Å². The van der Waals surface area contributed by atoms with Crippen molar-refractivity contribution in [1.82, 2.24) is 9.55 Å². The number of rotatable bonds is 4. The third-order valence-corrected chi connectivity index (χ3v) is 15.4. The van der Waals surface area contributed by atoms with E-state index in [1.165, 1.54) is 60.8 Å². The normalized spacial score (nSPS) is 21.0. The standard InChI is InChI=1S/C60H67N3O2/c1-32-22-35(4)50(36(5)23-32)39-26-40(55-62-59(16)20-18-43-38(7)52(57(11,12)13)37(6)25-45(43)60(59,17)65-55)28-42(27-39)64-49-31-48-46(24-34(49)3)58(14,15)47-30-41(56(8,9)10)29-44-51-33(2)19-21-61-54(51)63(48)53(44)47/h19,21-31H,18,20H2,1-17H3/t59-,60+/m1/s1/i18D2. The molecule has 334 valence electrons. The summed E-state index contributed by atoms with van der Waals surface area (Å²) in [6, 6.07) is 24.5. The highest BCUT2D eigenvalue weighted by atomic mass is 16.5. The van der Waals surface area contributed by atoms with Gasteiger partial charge in [-0.2, -0.15) is 0 Å². The summed E-state index contributed by atoms with van der Waals surface area (Å²) < 4.78 is 36.0. The van der Waals surface area contributed by atoms with E-state index < -0.39 is 17.5 Å². The molecule has 0 bridgehead atoms. The van der Waals surface area contributed by atoms with Crippen molar-refractivity contribution in [2.75, 3.05) is 0 Å². The summed E-state index contributed by atoms with van der Waals surface area (Å²) in [5.74, 6) is 1.93. The van der Waals surface area contributed by atoms with Crippen LogP contribution >= 0.6 is 0 Å². The Morgan fingerprint density at radius 3 is 2.06 bits per heavy atom. The van der Waals surface area contributed by atoms with Crippen LogP contribution in [0.1, 0.15) is 156 Å². The first-order chi connectivity index (χ1) is 31.1. The molecule has 0 saturated heterocycles. The zero-order chi connectivity index (χ0) is 48.5. The summed E-state index contributed by atoms with van der Waals surface area (Å²) in [6.07, 6.45) is 0.510. The number of hydrogen-bond donors (Lipinski definition) is 0. The highest BCUT2D eigenvalue weighted by Gasteiger charge is 2.57. The number of fused-ring (bicyclic) bond motifs is 8. The Balaban J connectivity index is 1.15. The average Bonchev–Trinajstić information content (AvgIpc) is 3.67. The van der Waals surface area contributed by atoms with Crippen molar-refractivity contribution in [3.63, 3.8) is 0 Å². The van der Waals surface area contributed by atoms with Crippen LogP contribution in [-0.4, -0.2) is 21.0 Å². The molecule has 65 heavy (non-hydrogen) atoms. The number of nitrogens with zero attached hydrogens (tertiary/aromatic N) is 3. The molecule has 2 atom stereocenters. The lowest BCUT2D eigenvalue weighted by Gasteiger charge is -2.44. The Hall–Kier alpha value is -5.68. The van der Waals surface area contributed by atoms with E-state index in [9.17, 15) is 2.74 Å². The van der Waals surface area contributed by atoms with Gasteiger partial charge < -0.3 is 9.47 Å². The molecule has 5 nitrogen and oxygen atoms in total. The van der Waals surface area contributed by atoms with E-state index in [-0.39, 0.29) is 22.7 Å². The van der Waals surface area contributed by atoms with Crippen molar-refractivity contribution in [3.05, 3.63) is 151 Å². The van der Waals surface area contributed by atoms with Gasteiger partial charge in [-0.15, -0.1) is 0 Å². The summed E-state index contributed by atoms with van der Waals surface area (Å²) in [4.78, 5) is 10.5. The molecule has 0 amide bonds. The Kier molecular flexibility index (Phi) is 8.74. The van der Waals surface area contributed by atoms with Crippen molar-refractivity contribution in [1.29, 1.82) is 0 Å². The molecule has 0 N–H and O–H groups in total. The van der Waals surface area contributed by atoms with Crippen molar-refractivity contribution in [2.24, 2.45) is 4.99 Å². The van der Waals surface area contributed by atoms with Gasteiger partial charge in [0.15, 0.2) is 5.60 Å².